The van der Waals surface area contributed by atoms with E-state index in [1.807, 2.05) is 0 Å². The second kappa shape index (κ2) is 2.68. The van der Waals surface area contributed by atoms with Crippen LogP contribution in [0.5, 0.6) is 0 Å². The second-order valence-corrected chi connectivity index (χ2v) is 1.06. The predicted molar refractivity (Wildman–Crippen MR) is 20.8 cm³/mol. The summed E-state index contributed by atoms with van der Waals surface area (Å²) in [6, 6.07) is 0. The van der Waals surface area contributed by atoms with Crippen LogP contribution < -0.4 is 5.73 Å². The van der Waals surface area contributed by atoms with Gasteiger partial charge >= 0.3 is 0 Å². The van der Waals surface area contributed by atoms with Crippen LogP contribution in [0.3, 0.4) is 0 Å². The van der Waals surface area contributed by atoms with Crippen LogP contribution in [0.2, 0.25) is 0 Å². The maximum atomic E-state index is 9.82. The van der Waals surface area contributed by atoms with Gasteiger partial charge in [-0.2, -0.15) is 0 Å². The summed E-state index contributed by atoms with van der Waals surface area (Å²) in [4.78, 5) is 9.82. The fourth-order valence-corrected chi connectivity index (χ4v) is 0.0854. The molecule has 4 nitrogen and oxygen atoms in total. The standard InChI is InChI=1S/C3H6NO3/c4-3(7)2(6)1-5/h3,7H,1,4H2. The monoisotopic (exact) mass is 104 g/mol. The molecule has 0 spiro atoms. The van der Waals surface area contributed by atoms with E-state index in [9.17, 15) is 9.90 Å². The first kappa shape index (κ1) is 6.55. The number of aliphatic hydroxyl groups excluding tert-OH is 1. The predicted octanol–water partition coefficient (Wildman–Crippen LogP) is -1.74. The van der Waals surface area contributed by atoms with Crippen LogP contribution in [0.1, 0.15) is 0 Å². The van der Waals surface area contributed by atoms with Crippen LogP contribution >= 0.6 is 0 Å². The Hall–Kier alpha value is -0.450. The first-order valence-electron chi connectivity index (χ1n) is 1.73. The molecule has 0 aromatic rings. The van der Waals surface area contributed by atoms with Gasteiger partial charge < -0.3 is 5.11 Å². The van der Waals surface area contributed by atoms with Gasteiger partial charge in [-0.05, 0) is 0 Å². The lowest BCUT2D eigenvalue weighted by Crippen LogP contribution is -2.31. The Morgan fingerprint density at radius 3 is 2.29 bits per heavy atom. The van der Waals surface area contributed by atoms with E-state index in [1.54, 1.807) is 0 Å². The first-order chi connectivity index (χ1) is 3.18. The molecule has 0 heterocycles. The number of Topliss-reactive ketones (excluding diaryl/α,β-unsaturated/α-hetero) is 1. The van der Waals surface area contributed by atoms with Gasteiger partial charge in [0, 0.05) is 0 Å². The normalized spacial score (nSPS) is 13.6. The average Bonchev–Trinajstić information content (AvgIpc) is 1.65. The lowest BCUT2D eigenvalue weighted by Gasteiger charge is -1.94. The van der Waals surface area contributed by atoms with Gasteiger partial charge in [-0.1, -0.05) is 0 Å². The largest absolute Gasteiger partial charge is 0.371 e. The molecule has 0 saturated heterocycles. The maximum absolute atomic E-state index is 9.82. The number of hydrogen-bond donors (Lipinski definition) is 2. The zero-order chi connectivity index (χ0) is 5.86. The number of hydrogen-bond acceptors (Lipinski definition) is 3. The molecule has 0 aliphatic heterocycles. The molecule has 0 aromatic heterocycles. The molecule has 0 fully saturated rings. The molecular formula is C3H6NO3. The minimum Gasteiger partial charge on any atom is -0.371 e. The van der Waals surface area contributed by atoms with E-state index in [0.29, 0.717) is 0 Å². The van der Waals surface area contributed by atoms with E-state index >= 15 is 0 Å². The van der Waals surface area contributed by atoms with Crippen molar-refractivity contribution in [3.63, 3.8) is 0 Å². The molecule has 1 radical (unpaired) electrons. The lowest BCUT2D eigenvalue weighted by molar-refractivity contribution is -0.131. The number of carbonyl (C=O) groups is 1. The molecule has 0 amide bonds. The Labute approximate surface area is 40.6 Å². The third-order valence-electron chi connectivity index (χ3n) is 0.472. The summed E-state index contributed by atoms with van der Waals surface area (Å²) in [5.74, 6) is -0.875. The third kappa shape index (κ3) is 2.27. The van der Waals surface area contributed by atoms with Gasteiger partial charge in [-0.3, -0.25) is 10.5 Å². The number of rotatable bonds is 2. The summed E-state index contributed by atoms with van der Waals surface area (Å²) in [6.45, 7) is -0.947. The highest BCUT2D eigenvalue weighted by atomic mass is 16.3. The van der Waals surface area contributed by atoms with Crippen molar-refractivity contribution in [2.45, 2.75) is 6.23 Å². The number of aliphatic hydroxyl groups is 1. The van der Waals surface area contributed by atoms with Gasteiger partial charge in [0.1, 0.15) is 6.61 Å². The van der Waals surface area contributed by atoms with E-state index in [4.69, 9.17) is 5.11 Å². The molecule has 0 saturated carbocycles. The zero-order valence-electron chi connectivity index (χ0n) is 3.63. The van der Waals surface area contributed by atoms with Gasteiger partial charge in [0.25, 0.3) is 0 Å². The lowest BCUT2D eigenvalue weighted by atomic mass is 10.4. The molecule has 3 N–H and O–H groups in total. The Morgan fingerprint density at radius 2 is 2.29 bits per heavy atom. The molecule has 7 heavy (non-hydrogen) atoms. The maximum Gasteiger partial charge on any atom is 0.204 e. The van der Waals surface area contributed by atoms with Crippen LogP contribution in [0.25, 0.3) is 0 Å². The second-order valence-electron chi connectivity index (χ2n) is 1.06. The topological polar surface area (TPSA) is 83.2 Å². The summed E-state index contributed by atoms with van der Waals surface area (Å²) in [7, 11) is 0. The summed E-state index contributed by atoms with van der Waals surface area (Å²) in [5, 5.41) is 17.5. The van der Waals surface area contributed by atoms with Crippen LogP contribution in [0.4, 0.5) is 0 Å². The highest BCUT2D eigenvalue weighted by molar-refractivity contribution is 5.82. The average molecular weight is 104 g/mol. The number of carbonyl (C=O) groups excluding carboxylic acids is 1. The Morgan fingerprint density at radius 1 is 1.86 bits per heavy atom. The minimum absolute atomic E-state index is 0.875. The Bertz CT molecular complexity index is 70.6. The van der Waals surface area contributed by atoms with Crippen molar-refractivity contribution in [2.24, 2.45) is 5.73 Å². The fraction of sp³-hybridized carbons (Fsp3) is 0.667. The SMILES string of the molecule is NC(O)C(=O)C[O]. The molecule has 41 valence electrons. The zero-order valence-corrected chi connectivity index (χ0v) is 3.63. The number of ketones is 1. The van der Waals surface area contributed by atoms with E-state index in [0.717, 1.165) is 0 Å². The van der Waals surface area contributed by atoms with Gasteiger partial charge in [-0.15, -0.1) is 0 Å². The summed E-state index contributed by atoms with van der Waals surface area (Å²) in [5.41, 5.74) is 4.55. The summed E-state index contributed by atoms with van der Waals surface area (Å²) < 4.78 is 0. The molecule has 1 unspecified atom stereocenters. The molecular weight excluding hydrogens is 98.0 g/mol. The molecule has 1 atom stereocenters. The molecule has 0 rings (SSSR count). The molecule has 0 bridgehead atoms. The van der Waals surface area contributed by atoms with E-state index in [-0.39, 0.29) is 0 Å². The molecule has 0 aromatic carbocycles. The third-order valence-corrected chi connectivity index (χ3v) is 0.472. The van der Waals surface area contributed by atoms with Crippen molar-refractivity contribution in [1.29, 1.82) is 0 Å². The minimum atomic E-state index is -1.59. The Balaban J connectivity index is 3.35. The van der Waals surface area contributed by atoms with Crippen LogP contribution in [-0.4, -0.2) is 23.7 Å². The molecule has 0 aliphatic rings. The Kier molecular flexibility index (Phi) is 2.51. The summed E-state index contributed by atoms with van der Waals surface area (Å²) in [6.07, 6.45) is -1.59. The van der Waals surface area contributed by atoms with Crippen molar-refractivity contribution < 1.29 is 15.0 Å². The van der Waals surface area contributed by atoms with Crippen molar-refractivity contribution in [1.82, 2.24) is 0 Å². The van der Waals surface area contributed by atoms with Crippen LogP contribution in [0.15, 0.2) is 0 Å². The molecule has 4 heteroatoms. The molecule has 0 aliphatic carbocycles. The smallest absolute Gasteiger partial charge is 0.204 e. The van der Waals surface area contributed by atoms with Crippen molar-refractivity contribution in [3.05, 3.63) is 0 Å². The van der Waals surface area contributed by atoms with Crippen molar-refractivity contribution in [2.75, 3.05) is 6.61 Å². The van der Waals surface area contributed by atoms with E-state index in [1.165, 1.54) is 0 Å². The van der Waals surface area contributed by atoms with Gasteiger partial charge in [0.2, 0.25) is 5.78 Å². The summed E-state index contributed by atoms with van der Waals surface area (Å²) >= 11 is 0. The van der Waals surface area contributed by atoms with Crippen LogP contribution in [0, 0.1) is 0 Å². The highest BCUT2D eigenvalue weighted by Gasteiger charge is 2.05. The fourth-order valence-electron chi connectivity index (χ4n) is 0.0854. The highest BCUT2D eigenvalue weighted by Crippen LogP contribution is 1.70. The van der Waals surface area contributed by atoms with Gasteiger partial charge in [-0.25, -0.2) is 5.11 Å². The van der Waals surface area contributed by atoms with Crippen molar-refractivity contribution >= 4 is 5.78 Å². The van der Waals surface area contributed by atoms with Gasteiger partial charge in [0.05, 0.1) is 0 Å². The van der Waals surface area contributed by atoms with Crippen molar-refractivity contribution in [3.8, 4) is 0 Å². The van der Waals surface area contributed by atoms with E-state index < -0.39 is 18.6 Å². The quantitative estimate of drug-likeness (QED) is 0.408. The van der Waals surface area contributed by atoms with Crippen LogP contribution in [-0.2, 0) is 9.90 Å². The van der Waals surface area contributed by atoms with Gasteiger partial charge in [0.15, 0.2) is 6.23 Å². The van der Waals surface area contributed by atoms with E-state index in [2.05, 4.69) is 5.73 Å². The number of nitrogens with two attached hydrogens (primary N) is 1. The first-order valence-corrected chi connectivity index (χ1v) is 1.73.